The summed E-state index contributed by atoms with van der Waals surface area (Å²) in [7, 11) is 0. The van der Waals surface area contributed by atoms with E-state index >= 15 is 0 Å². The van der Waals surface area contributed by atoms with Gasteiger partial charge in [-0.1, -0.05) is 6.42 Å². The standard InChI is InChI=1S/C19H34N4O3/c24-18(17(19(25)26)6-11-21-9-2-1-3-10-21)23-14-12-22(13-15-23)16-4-7-20-8-5-16/h16-17,20H,1-15H2,(H,25,26). The normalized spacial score (nSPS) is 25.2. The van der Waals surface area contributed by atoms with Crippen molar-refractivity contribution in [2.24, 2.45) is 5.92 Å². The van der Waals surface area contributed by atoms with Crippen molar-refractivity contribution in [3.05, 3.63) is 0 Å². The van der Waals surface area contributed by atoms with Gasteiger partial charge in [-0.05, 0) is 64.8 Å². The van der Waals surface area contributed by atoms with Gasteiger partial charge in [0.25, 0.3) is 0 Å². The van der Waals surface area contributed by atoms with Gasteiger partial charge in [0.1, 0.15) is 5.92 Å². The van der Waals surface area contributed by atoms with Gasteiger partial charge in [-0.3, -0.25) is 14.5 Å². The molecule has 0 saturated carbocycles. The van der Waals surface area contributed by atoms with Gasteiger partial charge in [0.15, 0.2) is 0 Å². The number of carboxylic acids is 1. The summed E-state index contributed by atoms with van der Waals surface area (Å²) >= 11 is 0. The predicted molar refractivity (Wildman–Crippen MR) is 100 cm³/mol. The Balaban J connectivity index is 1.47. The lowest BCUT2D eigenvalue weighted by Gasteiger charge is -2.41. The smallest absolute Gasteiger partial charge is 0.316 e. The molecule has 3 aliphatic rings. The Morgan fingerprint density at radius 2 is 1.62 bits per heavy atom. The number of likely N-dealkylation sites (tertiary alicyclic amines) is 1. The number of piperazine rings is 1. The molecule has 0 aliphatic carbocycles. The molecular formula is C19H34N4O3. The number of nitrogens with one attached hydrogen (secondary N) is 1. The monoisotopic (exact) mass is 366 g/mol. The molecule has 1 atom stereocenters. The molecule has 148 valence electrons. The molecule has 0 aromatic carbocycles. The van der Waals surface area contributed by atoms with Crippen LogP contribution in [0.25, 0.3) is 0 Å². The van der Waals surface area contributed by atoms with Gasteiger partial charge >= 0.3 is 5.97 Å². The third kappa shape index (κ3) is 5.18. The van der Waals surface area contributed by atoms with Gasteiger partial charge < -0.3 is 20.2 Å². The molecule has 7 nitrogen and oxygen atoms in total. The summed E-state index contributed by atoms with van der Waals surface area (Å²) in [5, 5.41) is 13.0. The molecule has 0 spiro atoms. The van der Waals surface area contributed by atoms with E-state index in [4.69, 9.17) is 0 Å². The highest BCUT2D eigenvalue weighted by molar-refractivity contribution is 5.97. The van der Waals surface area contributed by atoms with Crippen LogP contribution in [-0.4, -0.2) is 96.6 Å². The fourth-order valence-corrected chi connectivity index (χ4v) is 4.55. The summed E-state index contributed by atoms with van der Waals surface area (Å²) < 4.78 is 0. The Bertz CT molecular complexity index is 467. The zero-order valence-electron chi connectivity index (χ0n) is 15.9. The van der Waals surface area contributed by atoms with E-state index in [-0.39, 0.29) is 5.91 Å². The Kier molecular flexibility index (Phi) is 7.28. The van der Waals surface area contributed by atoms with Crippen molar-refractivity contribution in [1.82, 2.24) is 20.0 Å². The highest BCUT2D eigenvalue weighted by atomic mass is 16.4. The van der Waals surface area contributed by atoms with Gasteiger partial charge in [-0.15, -0.1) is 0 Å². The highest BCUT2D eigenvalue weighted by Gasteiger charge is 2.34. The first-order chi connectivity index (χ1) is 12.6. The number of carboxylic acid groups (broad SMARTS) is 1. The zero-order valence-corrected chi connectivity index (χ0v) is 15.9. The minimum atomic E-state index is -0.965. The zero-order chi connectivity index (χ0) is 18.4. The van der Waals surface area contributed by atoms with Crippen molar-refractivity contribution in [3.63, 3.8) is 0 Å². The molecule has 3 fully saturated rings. The molecule has 3 heterocycles. The molecule has 26 heavy (non-hydrogen) atoms. The second-order valence-corrected chi connectivity index (χ2v) is 7.92. The molecule has 2 N–H and O–H groups in total. The van der Waals surface area contributed by atoms with Crippen LogP contribution in [0.15, 0.2) is 0 Å². The molecule has 0 bridgehead atoms. The first kappa shape index (κ1) is 19.6. The summed E-state index contributed by atoms with van der Waals surface area (Å²) in [6.45, 7) is 8.00. The number of hydrogen-bond donors (Lipinski definition) is 2. The minimum absolute atomic E-state index is 0.181. The quantitative estimate of drug-likeness (QED) is 0.665. The van der Waals surface area contributed by atoms with Crippen molar-refractivity contribution in [2.45, 2.75) is 44.6 Å². The third-order valence-electron chi connectivity index (χ3n) is 6.23. The molecule has 1 unspecified atom stereocenters. The van der Waals surface area contributed by atoms with Crippen LogP contribution in [0.2, 0.25) is 0 Å². The lowest BCUT2D eigenvalue weighted by atomic mass is 10.0. The van der Waals surface area contributed by atoms with E-state index in [0.717, 1.165) is 45.8 Å². The van der Waals surface area contributed by atoms with E-state index in [1.807, 2.05) is 0 Å². The van der Waals surface area contributed by atoms with Crippen molar-refractivity contribution in [2.75, 3.05) is 58.9 Å². The fourth-order valence-electron chi connectivity index (χ4n) is 4.55. The summed E-state index contributed by atoms with van der Waals surface area (Å²) in [6, 6.07) is 0.614. The number of carbonyl (C=O) groups excluding carboxylic acids is 1. The first-order valence-electron chi connectivity index (χ1n) is 10.3. The van der Waals surface area contributed by atoms with E-state index in [2.05, 4.69) is 15.1 Å². The maximum absolute atomic E-state index is 12.8. The second kappa shape index (κ2) is 9.67. The average Bonchev–Trinajstić information content (AvgIpc) is 2.69. The fraction of sp³-hybridized carbons (Fsp3) is 0.895. The van der Waals surface area contributed by atoms with E-state index in [0.29, 0.717) is 25.6 Å². The number of rotatable bonds is 6. The van der Waals surface area contributed by atoms with E-state index in [1.54, 1.807) is 4.90 Å². The van der Waals surface area contributed by atoms with Crippen LogP contribution in [0.5, 0.6) is 0 Å². The number of nitrogens with zero attached hydrogens (tertiary/aromatic N) is 3. The maximum Gasteiger partial charge on any atom is 0.316 e. The molecule has 1 amide bonds. The van der Waals surface area contributed by atoms with Crippen molar-refractivity contribution < 1.29 is 14.7 Å². The summed E-state index contributed by atoms with van der Waals surface area (Å²) in [4.78, 5) is 31.0. The summed E-state index contributed by atoms with van der Waals surface area (Å²) in [6.07, 6.45) is 6.40. The Morgan fingerprint density at radius 3 is 2.23 bits per heavy atom. The van der Waals surface area contributed by atoms with Crippen molar-refractivity contribution >= 4 is 11.9 Å². The molecule has 3 saturated heterocycles. The van der Waals surface area contributed by atoms with Gasteiger partial charge in [0, 0.05) is 32.2 Å². The topological polar surface area (TPSA) is 76.1 Å². The van der Waals surface area contributed by atoms with Crippen LogP contribution in [0.4, 0.5) is 0 Å². The second-order valence-electron chi connectivity index (χ2n) is 7.92. The Morgan fingerprint density at radius 1 is 0.962 bits per heavy atom. The van der Waals surface area contributed by atoms with Crippen LogP contribution < -0.4 is 5.32 Å². The van der Waals surface area contributed by atoms with E-state index < -0.39 is 11.9 Å². The molecule has 3 aliphatic heterocycles. The lowest BCUT2D eigenvalue weighted by Crippen LogP contribution is -2.55. The SMILES string of the molecule is O=C(O)C(CCN1CCCCC1)C(=O)N1CCN(C2CCNCC2)CC1. The van der Waals surface area contributed by atoms with Crippen LogP contribution in [0.3, 0.4) is 0 Å². The Hall–Kier alpha value is -1.18. The van der Waals surface area contributed by atoms with Crippen LogP contribution in [0.1, 0.15) is 38.5 Å². The van der Waals surface area contributed by atoms with Crippen LogP contribution in [0, 0.1) is 5.92 Å². The number of piperidine rings is 2. The van der Waals surface area contributed by atoms with Gasteiger partial charge in [0.05, 0.1) is 0 Å². The molecule has 0 aromatic rings. The average molecular weight is 367 g/mol. The highest BCUT2D eigenvalue weighted by Crippen LogP contribution is 2.18. The number of hydrogen-bond acceptors (Lipinski definition) is 5. The predicted octanol–water partition coefficient (Wildman–Crippen LogP) is 0.459. The van der Waals surface area contributed by atoms with Crippen LogP contribution >= 0.6 is 0 Å². The number of amides is 1. The third-order valence-corrected chi connectivity index (χ3v) is 6.23. The number of aliphatic carboxylic acids is 1. The van der Waals surface area contributed by atoms with Gasteiger partial charge in [-0.2, -0.15) is 0 Å². The van der Waals surface area contributed by atoms with E-state index in [1.165, 1.54) is 32.1 Å². The molecule has 3 rings (SSSR count). The van der Waals surface area contributed by atoms with Gasteiger partial charge in [-0.25, -0.2) is 0 Å². The van der Waals surface area contributed by atoms with Gasteiger partial charge in [0.2, 0.25) is 5.91 Å². The lowest BCUT2D eigenvalue weighted by molar-refractivity contribution is -0.152. The van der Waals surface area contributed by atoms with Crippen molar-refractivity contribution in [3.8, 4) is 0 Å². The molecular weight excluding hydrogens is 332 g/mol. The van der Waals surface area contributed by atoms with Crippen LogP contribution in [-0.2, 0) is 9.59 Å². The van der Waals surface area contributed by atoms with E-state index in [9.17, 15) is 14.7 Å². The summed E-state index contributed by atoms with van der Waals surface area (Å²) in [5.74, 6) is -2.03. The maximum atomic E-state index is 12.8. The molecule has 7 heteroatoms. The summed E-state index contributed by atoms with van der Waals surface area (Å²) in [5.41, 5.74) is 0. The Labute approximate surface area is 156 Å². The van der Waals surface area contributed by atoms with Crippen molar-refractivity contribution in [1.29, 1.82) is 0 Å². The number of carbonyl (C=O) groups is 2. The minimum Gasteiger partial charge on any atom is -0.481 e. The largest absolute Gasteiger partial charge is 0.481 e. The first-order valence-corrected chi connectivity index (χ1v) is 10.3. The molecule has 0 radical (unpaired) electrons. The molecule has 0 aromatic heterocycles.